The van der Waals surface area contributed by atoms with E-state index in [1.165, 1.54) is 0 Å². The minimum atomic E-state index is 0.669. The van der Waals surface area contributed by atoms with E-state index in [1.807, 2.05) is 36.9 Å². The van der Waals surface area contributed by atoms with Crippen LogP contribution in [0.3, 0.4) is 0 Å². The summed E-state index contributed by atoms with van der Waals surface area (Å²) < 4.78 is 8.21. The molecule has 0 spiro atoms. The number of hydrogen-bond donors (Lipinski definition) is 0. The Kier molecular flexibility index (Phi) is 2.46. The molecule has 0 amide bonds. The molecule has 0 radical (unpaired) electrons. The highest BCUT2D eigenvalue weighted by Crippen LogP contribution is 2.29. The summed E-state index contributed by atoms with van der Waals surface area (Å²) in [4.78, 5) is 0. The van der Waals surface area contributed by atoms with E-state index in [0.29, 0.717) is 6.61 Å². The first-order valence-corrected chi connectivity index (χ1v) is 5.27. The normalized spacial score (nSPS) is 10.8. The van der Waals surface area contributed by atoms with Crippen molar-refractivity contribution in [1.29, 1.82) is 0 Å². The number of para-hydroxylation sites is 1. The van der Waals surface area contributed by atoms with Gasteiger partial charge in [0.05, 0.1) is 6.61 Å². The predicted molar refractivity (Wildman–Crippen MR) is 59.6 cm³/mol. The molecule has 74 valence electrons. The first kappa shape index (κ1) is 9.52. The molecule has 4 heteroatoms. The van der Waals surface area contributed by atoms with Crippen molar-refractivity contribution in [3.8, 4) is 5.75 Å². The maximum absolute atomic E-state index is 5.53. The van der Waals surface area contributed by atoms with Gasteiger partial charge in [0, 0.05) is 12.4 Å². The molecular formula is C10H11BrN2O. The minimum Gasteiger partial charge on any atom is -0.492 e. The van der Waals surface area contributed by atoms with Crippen LogP contribution in [-0.2, 0) is 7.05 Å². The van der Waals surface area contributed by atoms with E-state index in [4.69, 9.17) is 4.74 Å². The Bertz CT molecular complexity index is 464. The second kappa shape index (κ2) is 3.61. The molecule has 1 aromatic carbocycles. The fourth-order valence-corrected chi connectivity index (χ4v) is 2.09. The van der Waals surface area contributed by atoms with Crippen LogP contribution in [0.15, 0.2) is 22.8 Å². The second-order valence-corrected chi connectivity index (χ2v) is 3.75. The van der Waals surface area contributed by atoms with Crippen LogP contribution in [0, 0.1) is 0 Å². The summed E-state index contributed by atoms with van der Waals surface area (Å²) in [5, 5.41) is 5.37. The molecule has 0 bridgehead atoms. The molecule has 0 fully saturated rings. The van der Waals surface area contributed by atoms with E-state index < -0.39 is 0 Å². The second-order valence-electron chi connectivity index (χ2n) is 3.00. The number of aromatic nitrogens is 2. The van der Waals surface area contributed by atoms with Gasteiger partial charge < -0.3 is 4.74 Å². The van der Waals surface area contributed by atoms with Crippen molar-refractivity contribution in [2.45, 2.75) is 6.92 Å². The van der Waals surface area contributed by atoms with Gasteiger partial charge in [-0.25, -0.2) is 0 Å². The van der Waals surface area contributed by atoms with Crippen molar-refractivity contribution < 1.29 is 4.74 Å². The SMILES string of the molecule is CCOc1cccc2c(Br)nn(C)c12. The lowest BCUT2D eigenvalue weighted by Crippen LogP contribution is -1.96. The average molecular weight is 255 g/mol. The van der Waals surface area contributed by atoms with Crippen LogP contribution in [0.4, 0.5) is 0 Å². The Morgan fingerprint density at radius 1 is 1.50 bits per heavy atom. The topological polar surface area (TPSA) is 27.1 Å². The number of hydrogen-bond acceptors (Lipinski definition) is 2. The number of aryl methyl sites for hydroxylation is 1. The highest BCUT2D eigenvalue weighted by Gasteiger charge is 2.10. The number of nitrogens with zero attached hydrogens (tertiary/aromatic N) is 2. The summed E-state index contributed by atoms with van der Waals surface area (Å²) in [6, 6.07) is 5.95. The van der Waals surface area contributed by atoms with Crippen LogP contribution in [0.2, 0.25) is 0 Å². The smallest absolute Gasteiger partial charge is 0.145 e. The molecule has 0 saturated heterocycles. The fourth-order valence-electron chi connectivity index (χ4n) is 1.53. The molecule has 0 aliphatic heterocycles. The van der Waals surface area contributed by atoms with Gasteiger partial charge in [-0.2, -0.15) is 5.10 Å². The van der Waals surface area contributed by atoms with Gasteiger partial charge in [0.2, 0.25) is 0 Å². The molecule has 1 heterocycles. The molecular weight excluding hydrogens is 244 g/mol. The summed E-state index contributed by atoms with van der Waals surface area (Å²) in [7, 11) is 1.91. The maximum Gasteiger partial charge on any atom is 0.145 e. The Labute approximate surface area is 90.8 Å². The lowest BCUT2D eigenvalue weighted by Gasteiger charge is -2.04. The van der Waals surface area contributed by atoms with Gasteiger partial charge in [0.25, 0.3) is 0 Å². The Hall–Kier alpha value is -1.03. The third-order valence-corrected chi connectivity index (χ3v) is 2.67. The quantitative estimate of drug-likeness (QED) is 0.824. The molecule has 0 N–H and O–H groups in total. The number of ether oxygens (including phenoxy) is 1. The molecule has 0 aliphatic rings. The third-order valence-electron chi connectivity index (χ3n) is 2.08. The van der Waals surface area contributed by atoms with Gasteiger partial charge in [0.1, 0.15) is 15.9 Å². The van der Waals surface area contributed by atoms with Crippen LogP contribution in [-0.4, -0.2) is 16.4 Å². The minimum absolute atomic E-state index is 0.669. The lowest BCUT2D eigenvalue weighted by atomic mass is 10.2. The van der Waals surface area contributed by atoms with Crippen LogP contribution in [0.25, 0.3) is 10.9 Å². The first-order chi connectivity index (χ1) is 6.74. The Balaban J connectivity index is 2.72. The summed E-state index contributed by atoms with van der Waals surface area (Å²) in [6.45, 7) is 2.64. The van der Waals surface area contributed by atoms with Crippen molar-refractivity contribution in [3.63, 3.8) is 0 Å². The molecule has 14 heavy (non-hydrogen) atoms. The van der Waals surface area contributed by atoms with Crippen molar-refractivity contribution in [2.24, 2.45) is 7.05 Å². The zero-order chi connectivity index (χ0) is 10.1. The number of halogens is 1. The van der Waals surface area contributed by atoms with Gasteiger partial charge >= 0.3 is 0 Å². The van der Waals surface area contributed by atoms with Gasteiger partial charge in [-0.3, -0.25) is 4.68 Å². The zero-order valence-corrected chi connectivity index (χ0v) is 9.71. The molecule has 0 unspecified atom stereocenters. The van der Waals surface area contributed by atoms with Crippen molar-refractivity contribution in [3.05, 3.63) is 22.8 Å². The molecule has 1 aromatic heterocycles. The summed E-state index contributed by atoms with van der Waals surface area (Å²) in [5.74, 6) is 0.880. The zero-order valence-electron chi connectivity index (χ0n) is 8.12. The van der Waals surface area contributed by atoms with Gasteiger partial charge in [0.15, 0.2) is 0 Å². The van der Waals surface area contributed by atoms with E-state index in [9.17, 15) is 0 Å². The van der Waals surface area contributed by atoms with E-state index in [2.05, 4.69) is 21.0 Å². The van der Waals surface area contributed by atoms with Crippen LogP contribution < -0.4 is 4.74 Å². The molecule has 2 aromatic rings. The van der Waals surface area contributed by atoms with Gasteiger partial charge in [-0.1, -0.05) is 6.07 Å². The van der Waals surface area contributed by atoms with E-state index in [1.54, 1.807) is 0 Å². The highest BCUT2D eigenvalue weighted by molar-refractivity contribution is 9.10. The van der Waals surface area contributed by atoms with Gasteiger partial charge in [-0.15, -0.1) is 0 Å². The standard InChI is InChI=1S/C10H11BrN2O/c1-3-14-8-6-4-5-7-9(8)13(2)12-10(7)11/h4-6H,3H2,1-2H3. The van der Waals surface area contributed by atoms with Crippen LogP contribution in [0.1, 0.15) is 6.92 Å². The monoisotopic (exact) mass is 254 g/mol. The van der Waals surface area contributed by atoms with Crippen molar-refractivity contribution in [2.75, 3.05) is 6.61 Å². The highest BCUT2D eigenvalue weighted by atomic mass is 79.9. The summed E-state index contributed by atoms with van der Waals surface area (Å²) >= 11 is 3.42. The maximum atomic E-state index is 5.53. The van der Waals surface area contributed by atoms with Crippen molar-refractivity contribution >= 4 is 26.8 Å². The number of rotatable bonds is 2. The predicted octanol–water partition coefficient (Wildman–Crippen LogP) is 2.73. The molecule has 0 atom stereocenters. The largest absolute Gasteiger partial charge is 0.492 e. The Morgan fingerprint density at radius 2 is 2.29 bits per heavy atom. The van der Waals surface area contributed by atoms with E-state index in [-0.39, 0.29) is 0 Å². The van der Waals surface area contributed by atoms with E-state index in [0.717, 1.165) is 21.3 Å². The van der Waals surface area contributed by atoms with Gasteiger partial charge in [-0.05, 0) is 35.0 Å². The summed E-state index contributed by atoms with van der Waals surface area (Å²) in [5.41, 5.74) is 1.03. The van der Waals surface area contributed by atoms with E-state index >= 15 is 0 Å². The molecule has 0 saturated carbocycles. The number of benzene rings is 1. The van der Waals surface area contributed by atoms with Crippen LogP contribution in [0.5, 0.6) is 5.75 Å². The lowest BCUT2D eigenvalue weighted by molar-refractivity contribution is 0.342. The molecule has 2 rings (SSSR count). The Morgan fingerprint density at radius 3 is 3.00 bits per heavy atom. The summed E-state index contributed by atoms with van der Waals surface area (Å²) in [6.07, 6.45) is 0. The van der Waals surface area contributed by atoms with Crippen molar-refractivity contribution in [1.82, 2.24) is 9.78 Å². The molecule has 0 aliphatic carbocycles. The fraction of sp³-hybridized carbons (Fsp3) is 0.300. The first-order valence-electron chi connectivity index (χ1n) is 4.48. The average Bonchev–Trinajstić information content (AvgIpc) is 2.44. The third kappa shape index (κ3) is 1.39. The molecule has 3 nitrogen and oxygen atoms in total. The number of fused-ring (bicyclic) bond motifs is 1. The van der Waals surface area contributed by atoms with Crippen LogP contribution >= 0.6 is 15.9 Å².